The molecule has 0 aliphatic carbocycles. The van der Waals surface area contributed by atoms with Crippen molar-refractivity contribution in [3.05, 3.63) is 0 Å². The summed E-state index contributed by atoms with van der Waals surface area (Å²) in [7, 11) is 0. The lowest BCUT2D eigenvalue weighted by Gasteiger charge is -2.40. The third-order valence-corrected chi connectivity index (χ3v) is 3.82. The Morgan fingerprint density at radius 1 is 1.10 bits per heavy atom. The van der Waals surface area contributed by atoms with E-state index in [2.05, 4.69) is 33.0 Å². The molecule has 1 rings (SSSR count). The molecule has 2 unspecified atom stereocenters. The Bertz CT molecular complexity index is 347. The Balaban J connectivity index is 2.83. The molecule has 20 heavy (non-hydrogen) atoms. The fraction of sp³-hybridized carbons (Fsp3) is 0.875. The highest BCUT2D eigenvalue weighted by atomic mass is 16.2. The third kappa shape index (κ3) is 4.50. The van der Waals surface area contributed by atoms with Gasteiger partial charge in [0.15, 0.2) is 0 Å². The molecule has 0 aromatic heterocycles. The van der Waals surface area contributed by atoms with Crippen molar-refractivity contribution >= 4 is 11.8 Å². The molecule has 1 aliphatic rings. The van der Waals surface area contributed by atoms with E-state index in [-0.39, 0.29) is 29.3 Å². The first-order valence-corrected chi connectivity index (χ1v) is 7.91. The summed E-state index contributed by atoms with van der Waals surface area (Å²) in [4.78, 5) is 26.6. The van der Waals surface area contributed by atoms with Gasteiger partial charge in [0.25, 0.3) is 0 Å². The summed E-state index contributed by atoms with van der Waals surface area (Å²) in [5.41, 5.74) is 0.172. The predicted octanol–water partition coefficient (Wildman–Crippen LogP) is 2.72. The van der Waals surface area contributed by atoms with E-state index in [0.717, 1.165) is 32.1 Å². The van der Waals surface area contributed by atoms with Crippen molar-refractivity contribution in [2.45, 2.75) is 78.8 Å². The van der Waals surface area contributed by atoms with Gasteiger partial charge in [0.2, 0.25) is 11.8 Å². The molecule has 1 N–H and O–H groups in total. The Hall–Kier alpha value is -1.06. The molecule has 0 saturated carbocycles. The van der Waals surface area contributed by atoms with Gasteiger partial charge in [-0.3, -0.25) is 9.59 Å². The summed E-state index contributed by atoms with van der Waals surface area (Å²) in [6.07, 6.45) is 4.22. The molecular weight excluding hydrogens is 252 g/mol. The van der Waals surface area contributed by atoms with Gasteiger partial charge < -0.3 is 10.2 Å². The first-order valence-electron chi connectivity index (χ1n) is 7.91. The highest BCUT2D eigenvalue weighted by Gasteiger charge is 2.39. The SMILES string of the molecule is CCCC1NC(=O)C(CCC)N(CCC(C)(C)C)C1=O. The number of hydrogen-bond donors (Lipinski definition) is 1. The van der Waals surface area contributed by atoms with Crippen LogP contribution in [0, 0.1) is 5.41 Å². The van der Waals surface area contributed by atoms with Crippen molar-refractivity contribution in [1.82, 2.24) is 10.2 Å². The van der Waals surface area contributed by atoms with Gasteiger partial charge in [0, 0.05) is 6.54 Å². The van der Waals surface area contributed by atoms with Gasteiger partial charge in [0.05, 0.1) is 0 Å². The molecule has 2 amide bonds. The van der Waals surface area contributed by atoms with Crippen molar-refractivity contribution in [3.8, 4) is 0 Å². The highest BCUT2D eigenvalue weighted by molar-refractivity contribution is 5.96. The second-order valence-electron chi connectivity index (χ2n) is 7.00. The van der Waals surface area contributed by atoms with Crippen molar-refractivity contribution in [3.63, 3.8) is 0 Å². The second-order valence-corrected chi connectivity index (χ2v) is 7.00. The van der Waals surface area contributed by atoms with Crippen LogP contribution < -0.4 is 5.32 Å². The molecule has 4 heteroatoms. The van der Waals surface area contributed by atoms with Crippen LogP contribution in [0.3, 0.4) is 0 Å². The van der Waals surface area contributed by atoms with Crippen LogP contribution >= 0.6 is 0 Å². The summed E-state index contributed by atoms with van der Waals surface area (Å²) < 4.78 is 0. The average Bonchev–Trinajstić information content (AvgIpc) is 2.34. The van der Waals surface area contributed by atoms with Gasteiger partial charge in [-0.15, -0.1) is 0 Å². The number of hydrogen-bond acceptors (Lipinski definition) is 2. The molecule has 2 atom stereocenters. The maximum Gasteiger partial charge on any atom is 0.245 e. The van der Waals surface area contributed by atoms with Crippen molar-refractivity contribution in [2.75, 3.05) is 6.54 Å². The number of carbonyl (C=O) groups is 2. The minimum atomic E-state index is -0.319. The van der Waals surface area contributed by atoms with E-state index in [0.29, 0.717) is 6.54 Å². The van der Waals surface area contributed by atoms with Crippen molar-refractivity contribution < 1.29 is 9.59 Å². The maximum absolute atomic E-state index is 12.6. The lowest BCUT2D eigenvalue weighted by atomic mass is 9.91. The lowest BCUT2D eigenvalue weighted by Crippen LogP contribution is -2.63. The van der Waals surface area contributed by atoms with Gasteiger partial charge in [-0.1, -0.05) is 47.5 Å². The number of nitrogens with zero attached hydrogens (tertiary/aromatic N) is 1. The van der Waals surface area contributed by atoms with Crippen LogP contribution in [0.15, 0.2) is 0 Å². The average molecular weight is 282 g/mol. The van der Waals surface area contributed by atoms with Crippen molar-refractivity contribution in [1.29, 1.82) is 0 Å². The molecule has 4 nitrogen and oxygen atoms in total. The van der Waals surface area contributed by atoms with E-state index in [9.17, 15) is 9.59 Å². The Morgan fingerprint density at radius 2 is 1.70 bits per heavy atom. The Morgan fingerprint density at radius 3 is 2.20 bits per heavy atom. The minimum Gasteiger partial charge on any atom is -0.343 e. The van der Waals surface area contributed by atoms with Crippen LogP contribution in [0.2, 0.25) is 0 Å². The molecule has 1 saturated heterocycles. The van der Waals surface area contributed by atoms with Crippen LogP contribution in [0.4, 0.5) is 0 Å². The molecule has 116 valence electrons. The summed E-state index contributed by atoms with van der Waals surface area (Å²) >= 11 is 0. The number of nitrogens with one attached hydrogen (secondary N) is 1. The number of piperazine rings is 1. The van der Waals surface area contributed by atoms with E-state index >= 15 is 0 Å². The normalized spacial score (nSPS) is 23.9. The van der Waals surface area contributed by atoms with Crippen LogP contribution in [-0.2, 0) is 9.59 Å². The number of rotatable bonds is 6. The van der Waals surface area contributed by atoms with Crippen molar-refractivity contribution in [2.24, 2.45) is 5.41 Å². The number of carbonyl (C=O) groups excluding carboxylic acids is 2. The van der Waals surface area contributed by atoms with E-state index < -0.39 is 0 Å². The third-order valence-electron chi connectivity index (χ3n) is 3.82. The van der Waals surface area contributed by atoms with E-state index in [1.165, 1.54) is 0 Å². The molecule has 0 aromatic rings. The first-order chi connectivity index (χ1) is 9.30. The largest absolute Gasteiger partial charge is 0.343 e. The van der Waals surface area contributed by atoms with Crippen LogP contribution in [0.5, 0.6) is 0 Å². The van der Waals surface area contributed by atoms with Gasteiger partial charge in [-0.2, -0.15) is 0 Å². The smallest absolute Gasteiger partial charge is 0.245 e. The zero-order valence-electron chi connectivity index (χ0n) is 13.7. The second kappa shape index (κ2) is 7.09. The molecule has 1 heterocycles. The summed E-state index contributed by atoms with van der Waals surface area (Å²) in [6.45, 7) is 11.3. The molecule has 0 radical (unpaired) electrons. The predicted molar refractivity (Wildman–Crippen MR) is 81.3 cm³/mol. The number of amides is 2. The summed E-state index contributed by atoms with van der Waals surface area (Å²) in [5, 5.41) is 2.90. The van der Waals surface area contributed by atoms with Gasteiger partial charge >= 0.3 is 0 Å². The van der Waals surface area contributed by atoms with Crippen LogP contribution in [0.1, 0.15) is 66.7 Å². The fourth-order valence-corrected chi connectivity index (χ4v) is 2.59. The van der Waals surface area contributed by atoms with Crippen LogP contribution in [-0.4, -0.2) is 35.3 Å². The molecular formula is C16H30N2O2. The van der Waals surface area contributed by atoms with Gasteiger partial charge in [0.1, 0.15) is 12.1 Å². The fourth-order valence-electron chi connectivity index (χ4n) is 2.59. The first kappa shape index (κ1) is 17.0. The minimum absolute atomic E-state index is 0.0267. The highest BCUT2D eigenvalue weighted by Crippen LogP contribution is 2.23. The lowest BCUT2D eigenvalue weighted by molar-refractivity contribution is -0.150. The Labute approximate surface area is 123 Å². The Kier molecular flexibility index (Phi) is 6.03. The maximum atomic E-state index is 12.6. The summed E-state index contributed by atoms with van der Waals surface area (Å²) in [5.74, 6) is 0.132. The van der Waals surface area contributed by atoms with E-state index in [4.69, 9.17) is 0 Å². The van der Waals surface area contributed by atoms with Gasteiger partial charge in [-0.05, 0) is 24.7 Å². The molecule has 1 aliphatic heterocycles. The molecule has 0 bridgehead atoms. The van der Waals surface area contributed by atoms with E-state index in [1.54, 1.807) is 0 Å². The standard InChI is InChI=1S/C16H30N2O2/c1-6-8-12-15(20)18(11-10-16(3,4)5)13(9-7-2)14(19)17-12/h12-13H,6-11H2,1-5H3,(H,17,19). The quantitative estimate of drug-likeness (QED) is 0.814. The van der Waals surface area contributed by atoms with Crippen LogP contribution in [0.25, 0.3) is 0 Å². The zero-order valence-corrected chi connectivity index (χ0v) is 13.7. The topological polar surface area (TPSA) is 49.4 Å². The molecule has 0 spiro atoms. The monoisotopic (exact) mass is 282 g/mol. The van der Waals surface area contributed by atoms with Gasteiger partial charge in [-0.25, -0.2) is 0 Å². The summed E-state index contributed by atoms with van der Waals surface area (Å²) in [6, 6.07) is -0.594. The zero-order chi connectivity index (χ0) is 15.3. The van der Waals surface area contributed by atoms with E-state index in [1.807, 2.05) is 11.8 Å². The molecule has 0 aromatic carbocycles. The molecule has 1 fully saturated rings.